The van der Waals surface area contributed by atoms with Gasteiger partial charge in [-0.2, -0.15) is 13.2 Å². The predicted molar refractivity (Wildman–Crippen MR) is 43.4 cm³/mol. The molecule has 0 aliphatic heterocycles. The summed E-state index contributed by atoms with van der Waals surface area (Å²) in [5, 5.41) is 8.29. The van der Waals surface area contributed by atoms with E-state index in [1.54, 1.807) is 0 Å². The summed E-state index contributed by atoms with van der Waals surface area (Å²) in [6.45, 7) is 0. The number of ketones is 1. The Kier molecular flexibility index (Phi) is 2.78. The lowest BCUT2D eigenvalue weighted by Crippen LogP contribution is -2.13. The van der Waals surface area contributed by atoms with E-state index in [-0.39, 0.29) is 5.56 Å². The Balaban J connectivity index is 3.01. The van der Waals surface area contributed by atoms with E-state index in [1.807, 2.05) is 0 Å². The lowest BCUT2D eigenvalue weighted by Gasteiger charge is -2.05. The van der Waals surface area contributed by atoms with E-state index in [9.17, 15) is 22.8 Å². The van der Waals surface area contributed by atoms with Gasteiger partial charge in [-0.25, -0.2) is 4.79 Å². The van der Waals surface area contributed by atoms with Crippen molar-refractivity contribution in [1.29, 1.82) is 0 Å². The van der Waals surface area contributed by atoms with Crippen molar-refractivity contribution in [3.63, 3.8) is 0 Å². The van der Waals surface area contributed by atoms with Crippen LogP contribution in [-0.2, 0) is 11.0 Å². The summed E-state index contributed by atoms with van der Waals surface area (Å²) in [6.07, 6.45) is -4.50. The molecule has 80 valence electrons. The van der Waals surface area contributed by atoms with Crippen LogP contribution in [0.25, 0.3) is 0 Å². The summed E-state index contributed by atoms with van der Waals surface area (Å²) in [5.41, 5.74) is -1.21. The summed E-state index contributed by atoms with van der Waals surface area (Å²) < 4.78 is 36.2. The molecule has 0 atom stereocenters. The molecule has 0 heterocycles. The van der Waals surface area contributed by atoms with Crippen molar-refractivity contribution in [2.24, 2.45) is 0 Å². The second-order valence-electron chi connectivity index (χ2n) is 2.71. The molecule has 0 amide bonds. The standard InChI is InChI=1S/C9H5F3O3/c10-9(11,12)6-3-1-5(2-4-6)7(13)8(14)15/h1-4H,(H,14,15). The van der Waals surface area contributed by atoms with E-state index in [2.05, 4.69) is 0 Å². The van der Waals surface area contributed by atoms with Gasteiger partial charge in [0.1, 0.15) is 0 Å². The van der Waals surface area contributed by atoms with Gasteiger partial charge in [-0.15, -0.1) is 0 Å². The first-order valence-corrected chi connectivity index (χ1v) is 3.77. The highest BCUT2D eigenvalue weighted by molar-refractivity contribution is 6.39. The molecule has 1 rings (SSSR count). The molecule has 6 heteroatoms. The highest BCUT2D eigenvalue weighted by Crippen LogP contribution is 2.29. The molecule has 0 aliphatic rings. The van der Waals surface area contributed by atoms with Gasteiger partial charge < -0.3 is 5.11 Å². The lowest BCUT2D eigenvalue weighted by atomic mass is 10.1. The molecule has 1 aromatic rings. The third-order valence-corrected chi connectivity index (χ3v) is 1.67. The van der Waals surface area contributed by atoms with Crippen molar-refractivity contribution in [1.82, 2.24) is 0 Å². The molecule has 0 bridgehead atoms. The fourth-order valence-electron chi connectivity index (χ4n) is 0.934. The number of hydrogen-bond acceptors (Lipinski definition) is 2. The van der Waals surface area contributed by atoms with Crippen molar-refractivity contribution in [3.05, 3.63) is 35.4 Å². The number of alkyl halides is 3. The monoisotopic (exact) mass is 218 g/mol. The Bertz CT molecular complexity index is 392. The molecule has 0 spiro atoms. The number of benzene rings is 1. The average Bonchev–Trinajstić information content (AvgIpc) is 2.15. The zero-order valence-corrected chi connectivity index (χ0v) is 7.21. The Morgan fingerprint density at radius 3 is 1.87 bits per heavy atom. The van der Waals surface area contributed by atoms with Crippen LogP contribution in [-0.4, -0.2) is 16.9 Å². The molecular formula is C9H5F3O3. The number of rotatable bonds is 2. The SMILES string of the molecule is O=C(O)C(=O)c1ccc(C(F)(F)F)cc1. The maximum Gasteiger partial charge on any atom is 0.416 e. The highest BCUT2D eigenvalue weighted by atomic mass is 19.4. The first kappa shape index (κ1) is 11.2. The number of hydrogen-bond donors (Lipinski definition) is 1. The highest BCUT2D eigenvalue weighted by Gasteiger charge is 2.30. The van der Waals surface area contributed by atoms with Crippen LogP contribution < -0.4 is 0 Å². The van der Waals surface area contributed by atoms with Gasteiger partial charge in [0.2, 0.25) is 0 Å². The molecule has 0 unspecified atom stereocenters. The largest absolute Gasteiger partial charge is 0.475 e. The number of Topliss-reactive ketones (excluding diaryl/α,β-unsaturated/α-hetero) is 1. The zero-order valence-electron chi connectivity index (χ0n) is 7.21. The molecule has 3 nitrogen and oxygen atoms in total. The van der Waals surface area contributed by atoms with Gasteiger partial charge in [0, 0.05) is 5.56 Å². The van der Waals surface area contributed by atoms with Gasteiger partial charge in [0.05, 0.1) is 5.56 Å². The van der Waals surface area contributed by atoms with E-state index in [4.69, 9.17) is 5.11 Å². The van der Waals surface area contributed by atoms with Crippen LogP contribution in [0, 0.1) is 0 Å². The van der Waals surface area contributed by atoms with Crippen LogP contribution in [0.3, 0.4) is 0 Å². The minimum Gasteiger partial charge on any atom is -0.475 e. The number of carboxylic acid groups (broad SMARTS) is 1. The van der Waals surface area contributed by atoms with Crippen molar-refractivity contribution >= 4 is 11.8 Å². The van der Waals surface area contributed by atoms with Gasteiger partial charge in [-0.1, -0.05) is 12.1 Å². The van der Waals surface area contributed by atoms with Gasteiger partial charge in [-0.3, -0.25) is 4.79 Å². The minimum absolute atomic E-state index is 0.282. The van der Waals surface area contributed by atoms with Crippen molar-refractivity contribution in [2.75, 3.05) is 0 Å². The van der Waals surface area contributed by atoms with Gasteiger partial charge in [-0.05, 0) is 12.1 Å². The fraction of sp³-hybridized carbons (Fsp3) is 0.111. The second-order valence-corrected chi connectivity index (χ2v) is 2.71. The van der Waals surface area contributed by atoms with Crippen molar-refractivity contribution < 1.29 is 27.9 Å². The normalized spacial score (nSPS) is 11.1. The molecular weight excluding hydrogens is 213 g/mol. The lowest BCUT2D eigenvalue weighted by molar-refractivity contribution is -0.137. The third-order valence-electron chi connectivity index (χ3n) is 1.67. The minimum atomic E-state index is -4.50. The maximum absolute atomic E-state index is 12.1. The summed E-state index contributed by atoms with van der Waals surface area (Å²) in [6, 6.07) is 2.99. The fourth-order valence-corrected chi connectivity index (χ4v) is 0.934. The van der Waals surface area contributed by atoms with E-state index in [1.165, 1.54) is 0 Å². The Morgan fingerprint density at radius 1 is 1.07 bits per heavy atom. The van der Waals surface area contributed by atoms with Crippen LogP contribution in [0.1, 0.15) is 15.9 Å². The summed E-state index contributed by atoms with van der Waals surface area (Å²) >= 11 is 0. The van der Waals surface area contributed by atoms with E-state index < -0.39 is 23.5 Å². The molecule has 0 radical (unpaired) electrons. The van der Waals surface area contributed by atoms with E-state index in [0.717, 1.165) is 12.1 Å². The Morgan fingerprint density at radius 2 is 1.53 bits per heavy atom. The number of carbonyl (C=O) groups excluding carboxylic acids is 1. The first-order valence-electron chi connectivity index (χ1n) is 3.77. The molecule has 1 aromatic carbocycles. The molecule has 0 aliphatic carbocycles. The number of halogens is 3. The van der Waals surface area contributed by atoms with Crippen molar-refractivity contribution in [2.45, 2.75) is 6.18 Å². The summed E-state index contributed by atoms with van der Waals surface area (Å²) in [5.74, 6) is -2.93. The molecule has 15 heavy (non-hydrogen) atoms. The second kappa shape index (κ2) is 3.72. The Hall–Kier alpha value is -1.85. The van der Waals surface area contributed by atoms with Crippen LogP contribution in [0.4, 0.5) is 13.2 Å². The quantitative estimate of drug-likeness (QED) is 0.609. The van der Waals surface area contributed by atoms with Crippen LogP contribution in [0.2, 0.25) is 0 Å². The molecule has 0 fully saturated rings. The van der Waals surface area contributed by atoms with Gasteiger partial charge in [0.15, 0.2) is 0 Å². The Labute approximate surface area is 82.1 Å². The topological polar surface area (TPSA) is 54.4 Å². The summed E-state index contributed by atoms with van der Waals surface area (Å²) in [7, 11) is 0. The molecule has 0 saturated heterocycles. The van der Waals surface area contributed by atoms with Crippen LogP contribution in [0.5, 0.6) is 0 Å². The molecule has 1 N–H and O–H groups in total. The number of aliphatic carboxylic acids is 1. The average molecular weight is 218 g/mol. The van der Waals surface area contributed by atoms with Crippen LogP contribution >= 0.6 is 0 Å². The van der Waals surface area contributed by atoms with Gasteiger partial charge in [0.25, 0.3) is 5.78 Å². The zero-order chi connectivity index (χ0) is 11.6. The summed E-state index contributed by atoms with van der Waals surface area (Å²) in [4.78, 5) is 21.0. The first-order chi connectivity index (χ1) is 6.82. The number of carbonyl (C=O) groups is 2. The van der Waals surface area contributed by atoms with Crippen LogP contribution in [0.15, 0.2) is 24.3 Å². The smallest absolute Gasteiger partial charge is 0.416 e. The van der Waals surface area contributed by atoms with E-state index in [0.29, 0.717) is 12.1 Å². The number of carboxylic acids is 1. The van der Waals surface area contributed by atoms with Gasteiger partial charge >= 0.3 is 12.1 Å². The third kappa shape index (κ3) is 2.55. The predicted octanol–water partition coefficient (Wildman–Crippen LogP) is 1.97. The maximum atomic E-state index is 12.1. The molecule has 0 aromatic heterocycles. The van der Waals surface area contributed by atoms with Crippen molar-refractivity contribution in [3.8, 4) is 0 Å². The molecule has 0 saturated carbocycles. The van der Waals surface area contributed by atoms with E-state index >= 15 is 0 Å².